The lowest BCUT2D eigenvalue weighted by Gasteiger charge is -2.15. The fourth-order valence-electron chi connectivity index (χ4n) is 3.16. The number of hydrogen-bond donors (Lipinski definition) is 1. The minimum absolute atomic E-state index is 0.0507. The number of anilines is 2. The number of rotatable bonds is 4. The van der Waals surface area contributed by atoms with E-state index < -0.39 is 23.4 Å². The van der Waals surface area contributed by atoms with E-state index in [1.54, 1.807) is 12.1 Å². The maximum absolute atomic E-state index is 13.7. The Morgan fingerprint density at radius 2 is 1.48 bits per heavy atom. The molecule has 144 valence electrons. The van der Waals surface area contributed by atoms with Gasteiger partial charge in [-0.2, -0.15) is 0 Å². The van der Waals surface area contributed by atoms with Gasteiger partial charge in [0.2, 0.25) is 0 Å². The Bertz CT molecular complexity index is 1140. The Kier molecular flexibility index (Phi) is 4.68. The lowest BCUT2D eigenvalue weighted by Crippen LogP contribution is -2.32. The standard InChI is InChI=1S/C23H16F2N2O2/c1-14-5-7-15(8-6-14)20-21(26-18-11-9-16(24)10-12-18)23(29)27(22(20)28)19-4-2-3-17(25)13-19/h2-13,26H,1H3. The normalized spacial score (nSPS) is 14.0. The average molecular weight is 390 g/mol. The van der Waals surface area contributed by atoms with E-state index in [0.29, 0.717) is 11.3 Å². The van der Waals surface area contributed by atoms with Crippen LogP contribution in [0.2, 0.25) is 0 Å². The summed E-state index contributed by atoms with van der Waals surface area (Å²) in [6.45, 7) is 1.91. The highest BCUT2D eigenvalue weighted by Gasteiger charge is 2.40. The second-order valence-electron chi connectivity index (χ2n) is 6.67. The van der Waals surface area contributed by atoms with E-state index in [0.717, 1.165) is 16.5 Å². The lowest BCUT2D eigenvalue weighted by molar-refractivity contribution is -0.120. The van der Waals surface area contributed by atoms with Crippen molar-refractivity contribution >= 4 is 28.8 Å². The highest BCUT2D eigenvalue weighted by atomic mass is 19.1. The van der Waals surface area contributed by atoms with E-state index in [9.17, 15) is 18.4 Å². The summed E-state index contributed by atoms with van der Waals surface area (Å²) >= 11 is 0. The highest BCUT2D eigenvalue weighted by molar-refractivity contribution is 6.46. The molecule has 0 atom stereocenters. The smallest absolute Gasteiger partial charge is 0.282 e. The van der Waals surface area contributed by atoms with Gasteiger partial charge in [0.05, 0.1) is 11.3 Å². The molecule has 2 amide bonds. The van der Waals surface area contributed by atoms with Crippen LogP contribution in [-0.4, -0.2) is 11.8 Å². The summed E-state index contributed by atoms with van der Waals surface area (Å²) < 4.78 is 26.9. The van der Waals surface area contributed by atoms with Crippen molar-refractivity contribution in [2.45, 2.75) is 6.92 Å². The molecule has 0 spiro atoms. The van der Waals surface area contributed by atoms with Gasteiger partial charge < -0.3 is 5.32 Å². The summed E-state index contributed by atoms with van der Waals surface area (Å²) in [5, 5.41) is 2.93. The average Bonchev–Trinajstić information content (AvgIpc) is 2.94. The van der Waals surface area contributed by atoms with Crippen molar-refractivity contribution in [1.82, 2.24) is 0 Å². The van der Waals surface area contributed by atoms with Crippen LogP contribution in [0.4, 0.5) is 20.2 Å². The van der Waals surface area contributed by atoms with Crippen molar-refractivity contribution < 1.29 is 18.4 Å². The predicted octanol–water partition coefficient (Wildman–Crippen LogP) is 4.67. The van der Waals surface area contributed by atoms with Crippen LogP contribution in [0.5, 0.6) is 0 Å². The minimum Gasteiger partial charge on any atom is -0.350 e. The van der Waals surface area contributed by atoms with Gasteiger partial charge in [-0.1, -0.05) is 35.9 Å². The molecule has 1 heterocycles. The third kappa shape index (κ3) is 3.52. The van der Waals surface area contributed by atoms with Crippen LogP contribution in [-0.2, 0) is 9.59 Å². The quantitative estimate of drug-likeness (QED) is 0.659. The zero-order chi connectivity index (χ0) is 20.5. The molecule has 1 N–H and O–H groups in total. The summed E-state index contributed by atoms with van der Waals surface area (Å²) in [6.07, 6.45) is 0. The van der Waals surface area contributed by atoms with Gasteiger partial charge >= 0.3 is 0 Å². The first-order chi connectivity index (χ1) is 13.9. The van der Waals surface area contributed by atoms with Crippen LogP contribution in [0.15, 0.2) is 78.5 Å². The van der Waals surface area contributed by atoms with Crippen LogP contribution in [0, 0.1) is 18.6 Å². The van der Waals surface area contributed by atoms with Crippen molar-refractivity contribution in [3.05, 3.63) is 101 Å². The SMILES string of the molecule is Cc1ccc(C2=C(Nc3ccc(F)cc3)C(=O)N(c3cccc(F)c3)C2=O)cc1. The van der Waals surface area contributed by atoms with Crippen LogP contribution in [0.3, 0.4) is 0 Å². The third-order valence-electron chi connectivity index (χ3n) is 4.60. The molecule has 4 nitrogen and oxygen atoms in total. The number of carbonyl (C=O) groups excluding carboxylic acids is 2. The maximum Gasteiger partial charge on any atom is 0.282 e. The molecule has 29 heavy (non-hydrogen) atoms. The van der Waals surface area contributed by atoms with Crippen LogP contribution in [0.25, 0.3) is 5.57 Å². The molecular weight excluding hydrogens is 374 g/mol. The summed E-state index contributed by atoms with van der Waals surface area (Å²) in [5.41, 5.74) is 2.37. The molecule has 0 radical (unpaired) electrons. The van der Waals surface area contributed by atoms with Crippen LogP contribution in [0.1, 0.15) is 11.1 Å². The summed E-state index contributed by atoms with van der Waals surface area (Å²) in [4.78, 5) is 27.3. The van der Waals surface area contributed by atoms with E-state index in [-0.39, 0.29) is 17.0 Å². The van der Waals surface area contributed by atoms with E-state index in [4.69, 9.17) is 0 Å². The summed E-state index contributed by atoms with van der Waals surface area (Å²) in [6, 6.07) is 17.9. The predicted molar refractivity (Wildman–Crippen MR) is 107 cm³/mol. The number of aryl methyl sites for hydroxylation is 1. The number of nitrogens with one attached hydrogen (secondary N) is 1. The van der Waals surface area contributed by atoms with Crippen LogP contribution < -0.4 is 10.2 Å². The molecule has 0 unspecified atom stereocenters. The van der Waals surface area contributed by atoms with Crippen molar-refractivity contribution in [3.8, 4) is 0 Å². The Hall–Kier alpha value is -3.80. The number of benzene rings is 3. The fraction of sp³-hybridized carbons (Fsp3) is 0.0435. The van der Waals surface area contributed by atoms with Gasteiger partial charge in [-0.25, -0.2) is 13.7 Å². The van der Waals surface area contributed by atoms with Gasteiger partial charge in [0, 0.05) is 5.69 Å². The molecule has 3 aromatic carbocycles. The number of hydrogen-bond acceptors (Lipinski definition) is 3. The molecule has 0 aromatic heterocycles. The van der Waals surface area contributed by atoms with E-state index in [1.165, 1.54) is 42.5 Å². The number of imide groups is 1. The zero-order valence-corrected chi connectivity index (χ0v) is 15.4. The monoisotopic (exact) mass is 390 g/mol. The van der Waals surface area contributed by atoms with Gasteiger partial charge in [0.15, 0.2) is 0 Å². The van der Waals surface area contributed by atoms with Gasteiger partial charge in [-0.05, 0) is 55.0 Å². The first-order valence-electron chi connectivity index (χ1n) is 8.92. The zero-order valence-electron chi connectivity index (χ0n) is 15.4. The minimum atomic E-state index is -0.611. The van der Waals surface area contributed by atoms with Gasteiger partial charge in [-0.3, -0.25) is 9.59 Å². The number of carbonyl (C=O) groups is 2. The third-order valence-corrected chi connectivity index (χ3v) is 4.60. The Morgan fingerprint density at radius 1 is 0.793 bits per heavy atom. The molecular formula is C23H16F2N2O2. The molecule has 1 aliphatic heterocycles. The van der Waals surface area contributed by atoms with Crippen molar-refractivity contribution in [2.24, 2.45) is 0 Å². The Balaban J connectivity index is 1.82. The van der Waals surface area contributed by atoms with Gasteiger partial charge in [0.1, 0.15) is 17.3 Å². The second-order valence-corrected chi connectivity index (χ2v) is 6.67. The lowest BCUT2D eigenvalue weighted by atomic mass is 10.0. The van der Waals surface area contributed by atoms with E-state index in [2.05, 4.69) is 5.32 Å². The van der Waals surface area contributed by atoms with Gasteiger partial charge in [-0.15, -0.1) is 0 Å². The summed E-state index contributed by atoms with van der Waals surface area (Å²) in [7, 11) is 0. The second kappa shape index (κ2) is 7.31. The van der Waals surface area contributed by atoms with Crippen LogP contribution >= 0.6 is 0 Å². The van der Waals surface area contributed by atoms with Gasteiger partial charge in [0.25, 0.3) is 11.8 Å². The Morgan fingerprint density at radius 3 is 2.14 bits per heavy atom. The number of halogens is 2. The first kappa shape index (κ1) is 18.6. The van der Waals surface area contributed by atoms with Crippen molar-refractivity contribution in [1.29, 1.82) is 0 Å². The van der Waals surface area contributed by atoms with E-state index >= 15 is 0 Å². The Labute approximate surface area is 166 Å². The number of nitrogens with zero attached hydrogens (tertiary/aromatic N) is 1. The molecule has 0 saturated heterocycles. The highest BCUT2D eigenvalue weighted by Crippen LogP contribution is 2.34. The van der Waals surface area contributed by atoms with E-state index in [1.807, 2.05) is 19.1 Å². The topological polar surface area (TPSA) is 49.4 Å². The molecule has 3 aromatic rings. The maximum atomic E-state index is 13.7. The molecule has 1 aliphatic rings. The molecule has 4 rings (SSSR count). The number of amides is 2. The summed E-state index contributed by atoms with van der Waals surface area (Å²) in [5.74, 6) is -2.15. The molecule has 0 bridgehead atoms. The molecule has 0 fully saturated rings. The largest absolute Gasteiger partial charge is 0.350 e. The first-order valence-corrected chi connectivity index (χ1v) is 8.92. The molecule has 0 aliphatic carbocycles. The molecule has 0 saturated carbocycles. The van der Waals surface area contributed by atoms with Crippen molar-refractivity contribution in [2.75, 3.05) is 10.2 Å². The molecule has 6 heteroatoms. The van der Waals surface area contributed by atoms with Crippen molar-refractivity contribution in [3.63, 3.8) is 0 Å². The fourth-order valence-corrected chi connectivity index (χ4v) is 3.16.